The van der Waals surface area contributed by atoms with E-state index in [9.17, 15) is 9.18 Å². The molecule has 0 bridgehead atoms. The van der Waals surface area contributed by atoms with Gasteiger partial charge in [-0.15, -0.1) is 0 Å². The van der Waals surface area contributed by atoms with Crippen molar-refractivity contribution >= 4 is 16.8 Å². The van der Waals surface area contributed by atoms with Gasteiger partial charge in [0, 0.05) is 29.2 Å². The summed E-state index contributed by atoms with van der Waals surface area (Å²) in [5, 5.41) is 1.26. The van der Waals surface area contributed by atoms with Crippen molar-refractivity contribution in [2.75, 3.05) is 20.6 Å². The molecule has 6 heteroatoms. The number of benzene rings is 3. The molecule has 2 atom stereocenters. The molecule has 1 amide bonds. The van der Waals surface area contributed by atoms with Crippen LogP contribution in [0.1, 0.15) is 55.5 Å². The maximum Gasteiger partial charge on any atom is 0.264 e. The summed E-state index contributed by atoms with van der Waals surface area (Å²) in [4.78, 5) is 22.2. The van der Waals surface area contributed by atoms with E-state index in [1.165, 1.54) is 22.7 Å². The molecule has 1 spiro atoms. The van der Waals surface area contributed by atoms with Crippen LogP contribution in [0.3, 0.4) is 0 Å². The molecule has 0 saturated heterocycles. The van der Waals surface area contributed by atoms with Crippen LogP contribution in [-0.2, 0) is 16.8 Å². The SMILES string of the molecule is CC(Oc1ccccc1)C(=O)N1CCc2c([nH]c3ccccc23)C12CCC(C(c1cccc(F)c1)N(C)C)CC2. The quantitative estimate of drug-likeness (QED) is 0.292. The molecule has 208 valence electrons. The summed E-state index contributed by atoms with van der Waals surface area (Å²) in [5.41, 5.74) is 4.24. The molecule has 4 aromatic rings. The van der Waals surface area contributed by atoms with E-state index >= 15 is 0 Å². The first-order chi connectivity index (χ1) is 19.4. The fourth-order valence-corrected chi connectivity index (χ4v) is 7.36. The first-order valence-electron chi connectivity index (χ1n) is 14.4. The fraction of sp³-hybridized carbons (Fsp3) is 0.382. The van der Waals surface area contributed by atoms with Crippen molar-refractivity contribution < 1.29 is 13.9 Å². The first-order valence-corrected chi connectivity index (χ1v) is 14.4. The summed E-state index contributed by atoms with van der Waals surface area (Å²) in [5.74, 6) is 0.886. The second-order valence-corrected chi connectivity index (χ2v) is 11.7. The standard InChI is InChI=1S/C34H38FN3O2/c1-23(40-27-12-5-4-6-13-27)33(39)38-21-18-29-28-14-7-8-15-30(28)36-32(29)34(38)19-16-24(17-20-34)31(37(2)3)25-10-9-11-26(35)22-25/h4-15,22-24,31,36H,16-21H2,1-3H3. The minimum Gasteiger partial charge on any atom is -0.481 e. The maximum atomic E-state index is 14.2. The lowest BCUT2D eigenvalue weighted by Crippen LogP contribution is -2.58. The number of hydrogen-bond acceptors (Lipinski definition) is 3. The Hall–Kier alpha value is -3.64. The van der Waals surface area contributed by atoms with Crippen molar-refractivity contribution in [3.05, 3.63) is 102 Å². The first kappa shape index (κ1) is 26.6. The lowest BCUT2D eigenvalue weighted by molar-refractivity contribution is -0.149. The van der Waals surface area contributed by atoms with Gasteiger partial charge >= 0.3 is 0 Å². The Kier molecular flexibility index (Phi) is 7.13. The summed E-state index contributed by atoms with van der Waals surface area (Å²) in [6.45, 7) is 2.53. The Balaban J connectivity index is 1.34. The zero-order valence-corrected chi connectivity index (χ0v) is 23.6. The molecule has 0 radical (unpaired) electrons. The number of fused-ring (bicyclic) bond motifs is 4. The number of H-pyrrole nitrogens is 1. The molecule has 5 nitrogen and oxygen atoms in total. The highest BCUT2D eigenvalue weighted by Gasteiger charge is 2.50. The van der Waals surface area contributed by atoms with Crippen LogP contribution in [-0.4, -0.2) is 47.4 Å². The maximum absolute atomic E-state index is 14.2. The minimum atomic E-state index is -0.593. The van der Waals surface area contributed by atoms with Crippen LogP contribution in [0.5, 0.6) is 5.75 Å². The van der Waals surface area contributed by atoms with Gasteiger partial charge in [-0.2, -0.15) is 0 Å². The van der Waals surface area contributed by atoms with E-state index in [1.807, 2.05) is 43.3 Å². The molecule has 1 N–H and O–H groups in total. The number of para-hydroxylation sites is 2. The Bertz CT molecular complexity index is 1490. The number of amides is 1. The number of nitrogens with zero attached hydrogens (tertiary/aromatic N) is 2. The third-order valence-corrected chi connectivity index (χ3v) is 9.10. The van der Waals surface area contributed by atoms with Gasteiger partial charge in [0.2, 0.25) is 0 Å². The molecule has 1 saturated carbocycles. The van der Waals surface area contributed by atoms with Crippen LogP contribution in [0.2, 0.25) is 0 Å². The van der Waals surface area contributed by atoms with Gasteiger partial charge < -0.3 is 19.5 Å². The lowest BCUT2D eigenvalue weighted by atomic mass is 9.68. The number of aromatic nitrogens is 1. The van der Waals surface area contributed by atoms with E-state index < -0.39 is 11.6 Å². The van der Waals surface area contributed by atoms with Gasteiger partial charge in [-0.1, -0.05) is 48.5 Å². The number of nitrogens with one attached hydrogen (secondary N) is 1. The molecule has 6 rings (SSSR count). The molecule has 1 aliphatic carbocycles. The molecule has 40 heavy (non-hydrogen) atoms. The van der Waals surface area contributed by atoms with Crippen molar-refractivity contribution in [2.45, 2.75) is 56.7 Å². The molecule has 1 aliphatic heterocycles. The zero-order valence-electron chi connectivity index (χ0n) is 23.6. The van der Waals surface area contributed by atoms with Gasteiger partial charge in [0.15, 0.2) is 6.10 Å². The van der Waals surface area contributed by atoms with Gasteiger partial charge in [-0.3, -0.25) is 4.79 Å². The van der Waals surface area contributed by atoms with Crippen LogP contribution in [0.4, 0.5) is 4.39 Å². The van der Waals surface area contributed by atoms with Crippen molar-refractivity contribution in [2.24, 2.45) is 5.92 Å². The molecule has 2 heterocycles. The largest absolute Gasteiger partial charge is 0.481 e. The van der Waals surface area contributed by atoms with E-state index in [0.717, 1.165) is 43.2 Å². The Morgan fingerprint density at radius 3 is 2.48 bits per heavy atom. The van der Waals surface area contributed by atoms with Crippen molar-refractivity contribution in [3.63, 3.8) is 0 Å². The van der Waals surface area contributed by atoms with Crippen LogP contribution >= 0.6 is 0 Å². The second kappa shape index (κ2) is 10.7. The molecular formula is C34H38FN3O2. The molecule has 3 aromatic carbocycles. The number of hydrogen-bond donors (Lipinski definition) is 1. The summed E-state index contributed by atoms with van der Waals surface area (Å²) in [6.07, 6.45) is 3.79. The van der Waals surface area contributed by atoms with Gasteiger partial charge in [0.25, 0.3) is 5.91 Å². The summed E-state index contributed by atoms with van der Waals surface area (Å²) in [6, 6.07) is 25.2. The van der Waals surface area contributed by atoms with E-state index in [0.29, 0.717) is 18.2 Å². The second-order valence-electron chi connectivity index (χ2n) is 11.7. The highest BCUT2D eigenvalue weighted by molar-refractivity contribution is 5.87. The minimum absolute atomic E-state index is 0.0286. The van der Waals surface area contributed by atoms with Crippen molar-refractivity contribution in [1.82, 2.24) is 14.8 Å². The third kappa shape index (κ3) is 4.68. The molecule has 1 fully saturated rings. The average Bonchev–Trinajstić information content (AvgIpc) is 3.34. The van der Waals surface area contributed by atoms with E-state index in [4.69, 9.17) is 4.74 Å². The lowest BCUT2D eigenvalue weighted by Gasteiger charge is -2.52. The zero-order chi connectivity index (χ0) is 27.9. The predicted octanol–water partition coefficient (Wildman–Crippen LogP) is 6.85. The Morgan fingerprint density at radius 1 is 1.02 bits per heavy atom. The van der Waals surface area contributed by atoms with Crippen LogP contribution in [0, 0.1) is 11.7 Å². The third-order valence-electron chi connectivity index (χ3n) is 9.10. The van der Waals surface area contributed by atoms with Gasteiger partial charge in [0.05, 0.1) is 5.54 Å². The van der Waals surface area contributed by atoms with Crippen LogP contribution in [0.15, 0.2) is 78.9 Å². The van der Waals surface area contributed by atoms with Gasteiger partial charge in [-0.25, -0.2) is 4.39 Å². The topological polar surface area (TPSA) is 48.6 Å². The number of ether oxygens (including phenoxy) is 1. The fourth-order valence-electron chi connectivity index (χ4n) is 7.36. The highest BCUT2D eigenvalue weighted by Crippen LogP contribution is 2.51. The van der Waals surface area contributed by atoms with E-state index in [1.54, 1.807) is 12.1 Å². The molecular weight excluding hydrogens is 501 g/mol. The summed E-state index contributed by atoms with van der Waals surface area (Å²) in [7, 11) is 4.16. The van der Waals surface area contributed by atoms with E-state index in [-0.39, 0.29) is 17.8 Å². The summed E-state index contributed by atoms with van der Waals surface area (Å²) < 4.78 is 20.3. The van der Waals surface area contributed by atoms with Crippen LogP contribution in [0.25, 0.3) is 10.9 Å². The highest BCUT2D eigenvalue weighted by atomic mass is 19.1. The van der Waals surface area contributed by atoms with E-state index in [2.05, 4.69) is 53.1 Å². The van der Waals surface area contributed by atoms with Crippen LogP contribution < -0.4 is 4.74 Å². The summed E-state index contributed by atoms with van der Waals surface area (Å²) >= 11 is 0. The number of halogens is 1. The number of rotatable bonds is 6. The van der Waals surface area contributed by atoms with Crippen molar-refractivity contribution in [1.29, 1.82) is 0 Å². The number of aromatic amines is 1. The monoisotopic (exact) mass is 539 g/mol. The predicted molar refractivity (Wildman–Crippen MR) is 157 cm³/mol. The van der Waals surface area contributed by atoms with Crippen molar-refractivity contribution in [3.8, 4) is 5.75 Å². The van der Waals surface area contributed by atoms with Gasteiger partial charge in [-0.05, 0) is 100 Å². The van der Waals surface area contributed by atoms with Gasteiger partial charge in [0.1, 0.15) is 11.6 Å². The number of carbonyl (C=O) groups is 1. The smallest absolute Gasteiger partial charge is 0.264 e. The molecule has 2 unspecified atom stereocenters. The normalized spacial score (nSPS) is 22.3. The average molecular weight is 540 g/mol. The Labute approximate surface area is 235 Å². The Morgan fingerprint density at radius 2 is 1.75 bits per heavy atom. The number of carbonyl (C=O) groups excluding carboxylic acids is 1. The molecule has 2 aliphatic rings. The molecule has 1 aromatic heterocycles.